The number of nitrogens with one attached hydrogen (secondary N) is 2. The van der Waals surface area contributed by atoms with Crippen LogP contribution in [0.15, 0.2) is 85.1 Å². The van der Waals surface area contributed by atoms with Gasteiger partial charge in [-0.25, -0.2) is 14.8 Å². The van der Waals surface area contributed by atoms with Crippen LogP contribution < -0.4 is 10.1 Å². The smallest absolute Gasteiger partial charge is 0.333 e. The largest absolute Gasteiger partial charge is 0.507 e. The predicted molar refractivity (Wildman–Crippen MR) is 142 cm³/mol. The molecule has 0 aliphatic carbocycles. The quantitative estimate of drug-likeness (QED) is 0.273. The molecule has 0 aliphatic heterocycles. The molecule has 5 aromatic rings. The number of carbonyl (C=O) groups excluding carboxylic acids is 2. The number of carbonyl (C=O) groups is 2. The van der Waals surface area contributed by atoms with Crippen molar-refractivity contribution in [3.05, 3.63) is 96.2 Å². The van der Waals surface area contributed by atoms with Crippen LogP contribution in [-0.2, 0) is 9.53 Å². The molecule has 5 rings (SSSR count). The average molecular weight is 509 g/mol. The molecule has 2 aromatic heterocycles. The lowest BCUT2D eigenvalue weighted by atomic mass is 10.0. The lowest BCUT2D eigenvalue weighted by Crippen LogP contribution is -2.34. The molecule has 38 heavy (non-hydrogen) atoms. The summed E-state index contributed by atoms with van der Waals surface area (Å²) in [6.07, 6.45) is 1.64. The molecule has 2 heterocycles. The summed E-state index contributed by atoms with van der Waals surface area (Å²) in [5, 5.41) is 13.3. The van der Waals surface area contributed by atoms with Crippen molar-refractivity contribution in [1.29, 1.82) is 0 Å². The zero-order valence-electron chi connectivity index (χ0n) is 20.6. The van der Waals surface area contributed by atoms with E-state index in [1.807, 2.05) is 12.1 Å². The monoisotopic (exact) mass is 508 g/mol. The maximum Gasteiger partial charge on any atom is 0.333 e. The van der Waals surface area contributed by atoms with Crippen molar-refractivity contribution in [2.45, 2.75) is 6.04 Å². The number of rotatable bonds is 7. The third-order valence-corrected chi connectivity index (χ3v) is 6.12. The molecule has 0 saturated heterocycles. The summed E-state index contributed by atoms with van der Waals surface area (Å²) in [5.74, 6) is -0.0926. The minimum absolute atomic E-state index is 0.0393. The Bertz CT molecular complexity index is 1630. The third kappa shape index (κ3) is 4.77. The summed E-state index contributed by atoms with van der Waals surface area (Å²) < 4.78 is 10.3. The van der Waals surface area contributed by atoms with Gasteiger partial charge >= 0.3 is 5.97 Å². The van der Waals surface area contributed by atoms with Gasteiger partial charge < -0.3 is 24.9 Å². The van der Waals surface area contributed by atoms with E-state index in [0.717, 1.165) is 11.1 Å². The third-order valence-electron chi connectivity index (χ3n) is 6.12. The van der Waals surface area contributed by atoms with E-state index in [-0.39, 0.29) is 5.75 Å². The number of hydrogen-bond acceptors (Lipinski definition) is 7. The van der Waals surface area contributed by atoms with Gasteiger partial charge in [-0.2, -0.15) is 0 Å². The van der Waals surface area contributed by atoms with Gasteiger partial charge in [0.05, 0.1) is 30.8 Å². The number of benzene rings is 3. The second-order valence-corrected chi connectivity index (χ2v) is 8.45. The van der Waals surface area contributed by atoms with Crippen LogP contribution in [0, 0.1) is 0 Å². The number of ether oxygens (including phenoxy) is 2. The molecule has 0 radical (unpaired) electrons. The standard InChI is InChI=1S/C29H24N4O5/c1-37-28-20(9-6-14-30-28)18-11-13-24(34)21(15-18)26-31-22-12-10-19(16-23(22)32-26)27(35)33-25(29(36)38-2)17-7-4-3-5-8-17/h3-16,25,34H,1-2H3,(H,31,32)(H,33,35)/t25-/m0/s1. The molecule has 0 spiro atoms. The predicted octanol–water partition coefficient (Wildman–Crippen LogP) is 4.65. The molecule has 1 amide bonds. The highest BCUT2D eigenvalue weighted by molar-refractivity contribution is 6.00. The number of aromatic amines is 1. The number of phenolic OH excluding ortho intramolecular Hbond substituents is 1. The van der Waals surface area contributed by atoms with Crippen LogP contribution in [0.1, 0.15) is 22.0 Å². The fourth-order valence-electron chi connectivity index (χ4n) is 4.20. The summed E-state index contributed by atoms with van der Waals surface area (Å²) in [4.78, 5) is 37.5. The maximum absolute atomic E-state index is 13.1. The van der Waals surface area contributed by atoms with Gasteiger partial charge in [0.15, 0.2) is 6.04 Å². The highest BCUT2D eigenvalue weighted by atomic mass is 16.5. The van der Waals surface area contributed by atoms with E-state index in [9.17, 15) is 14.7 Å². The zero-order chi connectivity index (χ0) is 26.6. The van der Waals surface area contributed by atoms with E-state index in [0.29, 0.717) is 39.4 Å². The number of hydrogen-bond donors (Lipinski definition) is 3. The first-order valence-corrected chi connectivity index (χ1v) is 11.7. The molecule has 3 aromatic carbocycles. The topological polar surface area (TPSA) is 126 Å². The van der Waals surface area contributed by atoms with E-state index in [1.54, 1.807) is 80.0 Å². The number of phenols is 1. The van der Waals surface area contributed by atoms with E-state index < -0.39 is 17.9 Å². The van der Waals surface area contributed by atoms with Gasteiger partial charge in [-0.3, -0.25) is 4.79 Å². The SMILES string of the molecule is COC(=O)[C@@H](NC(=O)c1ccc2nc(-c3cc(-c4cccnc4OC)ccc3O)[nH]c2c1)c1ccccc1. The normalized spacial score (nSPS) is 11.6. The molecule has 0 fully saturated rings. The molecular weight excluding hydrogens is 484 g/mol. The summed E-state index contributed by atoms with van der Waals surface area (Å²) in [7, 11) is 2.82. The number of H-pyrrole nitrogens is 1. The summed E-state index contributed by atoms with van der Waals surface area (Å²) in [6.45, 7) is 0. The Labute approximate surface area is 218 Å². The number of aromatic hydroxyl groups is 1. The maximum atomic E-state index is 13.1. The van der Waals surface area contributed by atoms with Crippen LogP contribution >= 0.6 is 0 Å². The van der Waals surface area contributed by atoms with E-state index in [4.69, 9.17) is 9.47 Å². The molecule has 0 aliphatic rings. The van der Waals surface area contributed by atoms with Crippen LogP contribution in [0.25, 0.3) is 33.5 Å². The molecule has 9 nitrogen and oxygen atoms in total. The van der Waals surface area contributed by atoms with Crippen molar-refractivity contribution < 1.29 is 24.2 Å². The fourth-order valence-corrected chi connectivity index (χ4v) is 4.20. The number of pyridine rings is 1. The minimum Gasteiger partial charge on any atom is -0.507 e. The number of aromatic nitrogens is 3. The fraction of sp³-hybridized carbons (Fsp3) is 0.103. The average Bonchev–Trinajstić information content (AvgIpc) is 3.39. The number of esters is 1. The Morgan fingerprint density at radius 1 is 0.947 bits per heavy atom. The van der Waals surface area contributed by atoms with Gasteiger partial charge in [-0.05, 0) is 53.6 Å². The molecular formula is C29H24N4O5. The Balaban J connectivity index is 1.46. The van der Waals surface area contributed by atoms with Gasteiger partial charge in [0.1, 0.15) is 11.6 Å². The zero-order valence-corrected chi connectivity index (χ0v) is 20.6. The van der Waals surface area contributed by atoms with Gasteiger partial charge in [-0.1, -0.05) is 36.4 Å². The van der Waals surface area contributed by atoms with E-state index in [2.05, 4.69) is 20.3 Å². The first kappa shape index (κ1) is 24.5. The van der Waals surface area contributed by atoms with Crippen molar-refractivity contribution in [3.8, 4) is 34.1 Å². The second kappa shape index (κ2) is 10.4. The van der Waals surface area contributed by atoms with Crippen LogP contribution in [0.2, 0.25) is 0 Å². The highest BCUT2D eigenvalue weighted by Gasteiger charge is 2.24. The number of nitrogens with zero attached hydrogens (tertiary/aromatic N) is 2. The Kier molecular flexibility index (Phi) is 6.73. The van der Waals surface area contributed by atoms with Crippen LogP contribution in [0.5, 0.6) is 11.6 Å². The van der Waals surface area contributed by atoms with Crippen molar-refractivity contribution in [2.24, 2.45) is 0 Å². The number of amides is 1. The molecule has 0 unspecified atom stereocenters. The van der Waals surface area contributed by atoms with Gasteiger partial charge in [0, 0.05) is 17.3 Å². The molecule has 1 atom stereocenters. The number of imidazole rings is 1. The van der Waals surface area contributed by atoms with E-state index in [1.165, 1.54) is 7.11 Å². The molecule has 9 heteroatoms. The Morgan fingerprint density at radius 3 is 2.53 bits per heavy atom. The van der Waals surface area contributed by atoms with Crippen molar-refractivity contribution in [3.63, 3.8) is 0 Å². The second-order valence-electron chi connectivity index (χ2n) is 8.45. The number of methoxy groups -OCH3 is 2. The van der Waals surface area contributed by atoms with Crippen molar-refractivity contribution in [2.75, 3.05) is 14.2 Å². The molecule has 190 valence electrons. The lowest BCUT2D eigenvalue weighted by molar-refractivity contribution is -0.143. The van der Waals surface area contributed by atoms with Crippen LogP contribution in [0.4, 0.5) is 0 Å². The van der Waals surface area contributed by atoms with Crippen LogP contribution in [0.3, 0.4) is 0 Å². The summed E-state index contributed by atoms with van der Waals surface area (Å²) in [6, 6.07) is 21.7. The molecule has 0 bridgehead atoms. The molecule has 3 N–H and O–H groups in total. The van der Waals surface area contributed by atoms with E-state index >= 15 is 0 Å². The Hall–Kier alpha value is -5.18. The Morgan fingerprint density at radius 2 is 1.76 bits per heavy atom. The first-order valence-electron chi connectivity index (χ1n) is 11.7. The van der Waals surface area contributed by atoms with Gasteiger partial charge in [0.2, 0.25) is 5.88 Å². The van der Waals surface area contributed by atoms with Crippen molar-refractivity contribution >= 4 is 22.9 Å². The minimum atomic E-state index is -0.953. The molecule has 0 saturated carbocycles. The summed E-state index contributed by atoms with van der Waals surface area (Å²) in [5.41, 5.74) is 4.17. The van der Waals surface area contributed by atoms with Crippen LogP contribution in [-0.4, -0.2) is 46.2 Å². The first-order chi connectivity index (χ1) is 18.5. The van der Waals surface area contributed by atoms with Gasteiger partial charge in [-0.15, -0.1) is 0 Å². The van der Waals surface area contributed by atoms with Crippen molar-refractivity contribution in [1.82, 2.24) is 20.3 Å². The summed E-state index contributed by atoms with van der Waals surface area (Å²) >= 11 is 0. The lowest BCUT2D eigenvalue weighted by Gasteiger charge is -2.17. The number of fused-ring (bicyclic) bond motifs is 1. The highest BCUT2D eigenvalue weighted by Crippen LogP contribution is 2.35. The van der Waals surface area contributed by atoms with Gasteiger partial charge in [0.25, 0.3) is 5.91 Å².